The number of hydrogen-bond donors (Lipinski definition) is 0. The van der Waals surface area contributed by atoms with Crippen LogP contribution < -0.4 is 0 Å². The standard InChI is InChI=1S/C13H14N4OS2/c1-8-10(20-16-15-8)11-14-9(6-19-11)12(18)17-5-4-13(2,3)7-17/h4-6H,7H2,1-3H3. The molecule has 0 saturated heterocycles. The third kappa shape index (κ3) is 2.38. The van der Waals surface area contributed by atoms with Crippen LogP contribution in [0.2, 0.25) is 0 Å². The lowest BCUT2D eigenvalue weighted by Gasteiger charge is -2.19. The van der Waals surface area contributed by atoms with Crippen LogP contribution in [0.5, 0.6) is 0 Å². The van der Waals surface area contributed by atoms with Gasteiger partial charge >= 0.3 is 0 Å². The van der Waals surface area contributed by atoms with Gasteiger partial charge in [-0.15, -0.1) is 16.4 Å². The molecule has 0 atom stereocenters. The molecule has 3 rings (SSSR count). The predicted octanol–water partition coefficient (Wildman–Crippen LogP) is 2.97. The van der Waals surface area contributed by atoms with E-state index in [0.29, 0.717) is 12.2 Å². The second-order valence-corrected chi connectivity index (χ2v) is 7.07. The molecule has 20 heavy (non-hydrogen) atoms. The summed E-state index contributed by atoms with van der Waals surface area (Å²) in [7, 11) is 0. The summed E-state index contributed by atoms with van der Waals surface area (Å²) in [6.45, 7) is 6.80. The van der Waals surface area contributed by atoms with Gasteiger partial charge in [-0.2, -0.15) is 0 Å². The number of amides is 1. The topological polar surface area (TPSA) is 59.0 Å². The van der Waals surface area contributed by atoms with Crippen LogP contribution in [-0.2, 0) is 0 Å². The quantitative estimate of drug-likeness (QED) is 0.856. The number of carbonyl (C=O) groups is 1. The maximum atomic E-state index is 12.4. The Kier molecular flexibility index (Phi) is 3.18. The Bertz CT molecular complexity index is 686. The molecule has 0 aromatic carbocycles. The smallest absolute Gasteiger partial charge is 0.277 e. The second kappa shape index (κ2) is 4.75. The summed E-state index contributed by atoms with van der Waals surface area (Å²) >= 11 is 2.76. The lowest BCUT2D eigenvalue weighted by atomic mass is 9.96. The van der Waals surface area contributed by atoms with E-state index in [1.165, 1.54) is 22.9 Å². The molecule has 104 valence electrons. The fourth-order valence-electron chi connectivity index (χ4n) is 2.03. The zero-order valence-corrected chi connectivity index (χ0v) is 13.1. The molecule has 1 amide bonds. The SMILES string of the molecule is Cc1nnsc1-c1nc(C(=O)N2C=CC(C)(C)C2)cs1. The number of thiazole rings is 1. The summed E-state index contributed by atoms with van der Waals surface area (Å²) in [6.07, 6.45) is 3.90. The van der Waals surface area contributed by atoms with Crippen molar-refractivity contribution in [2.75, 3.05) is 6.54 Å². The van der Waals surface area contributed by atoms with Crippen LogP contribution in [0.1, 0.15) is 30.0 Å². The summed E-state index contributed by atoms with van der Waals surface area (Å²) in [5, 5.41) is 6.58. The first-order valence-corrected chi connectivity index (χ1v) is 7.87. The molecule has 0 radical (unpaired) electrons. The molecule has 1 aliphatic heterocycles. The van der Waals surface area contributed by atoms with Crippen LogP contribution in [0.3, 0.4) is 0 Å². The molecular weight excluding hydrogens is 292 g/mol. The lowest BCUT2D eigenvalue weighted by Crippen LogP contribution is -2.29. The average molecular weight is 306 g/mol. The van der Waals surface area contributed by atoms with Gasteiger partial charge in [0.1, 0.15) is 15.6 Å². The molecule has 2 aromatic heterocycles. The van der Waals surface area contributed by atoms with Gasteiger partial charge in [0, 0.05) is 23.5 Å². The van der Waals surface area contributed by atoms with E-state index < -0.39 is 0 Å². The highest BCUT2D eigenvalue weighted by Crippen LogP contribution is 2.30. The van der Waals surface area contributed by atoms with Crippen LogP contribution in [0.25, 0.3) is 9.88 Å². The van der Waals surface area contributed by atoms with Crippen LogP contribution in [-0.4, -0.2) is 31.9 Å². The summed E-state index contributed by atoms with van der Waals surface area (Å²) in [4.78, 5) is 19.5. The van der Waals surface area contributed by atoms with E-state index in [4.69, 9.17) is 0 Å². The van der Waals surface area contributed by atoms with E-state index >= 15 is 0 Å². The number of nitrogens with zero attached hydrogens (tertiary/aromatic N) is 4. The van der Waals surface area contributed by atoms with Gasteiger partial charge in [-0.05, 0) is 18.5 Å². The maximum absolute atomic E-state index is 12.4. The van der Waals surface area contributed by atoms with Gasteiger partial charge in [0.25, 0.3) is 5.91 Å². The third-order valence-corrected chi connectivity index (χ3v) is 4.94. The minimum absolute atomic E-state index is 0.0344. The first-order valence-electron chi connectivity index (χ1n) is 6.21. The minimum atomic E-state index is -0.0514. The van der Waals surface area contributed by atoms with Gasteiger partial charge in [-0.25, -0.2) is 4.98 Å². The fraction of sp³-hybridized carbons (Fsp3) is 0.385. The minimum Gasteiger partial charge on any atom is -0.313 e. The molecule has 0 unspecified atom stereocenters. The van der Waals surface area contributed by atoms with E-state index in [1.54, 1.807) is 10.3 Å². The first kappa shape index (κ1) is 13.4. The third-order valence-electron chi connectivity index (χ3n) is 3.11. The van der Waals surface area contributed by atoms with Crippen molar-refractivity contribution in [3.05, 3.63) is 29.0 Å². The normalized spacial score (nSPS) is 16.9. The van der Waals surface area contributed by atoms with Gasteiger partial charge in [-0.1, -0.05) is 24.4 Å². The molecule has 7 heteroatoms. The lowest BCUT2D eigenvalue weighted by molar-refractivity contribution is 0.0806. The Balaban J connectivity index is 1.83. The monoisotopic (exact) mass is 306 g/mol. The van der Waals surface area contributed by atoms with Crippen LogP contribution in [0, 0.1) is 12.3 Å². The van der Waals surface area contributed by atoms with E-state index in [2.05, 4.69) is 34.5 Å². The highest BCUT2D eigenvalue weighted by Gasteiger charge is 2.28. The molecule has 0 spiro atoms. The molecule has 2 aromatic rings. The Labute approximate surface area is 125 Å². The zero-order valence-electron chi connectivity index (χ0n) is 11.5. The van der Waals surface area contributed by atoms with Crippen molar-refractivity contribution in [3.63, 3.8) is 0 Å². The van der Waals surface area contributed by atoms with Gasteiger partial charge in [0.2, 0.25) is 0 Å². The predicted molar refractivity (Wildman–Crippen MR) is 79.7 cm³/mol. The van der Waals surface area contributed by atoms with E-state index in [-0.39, 0.29) is 11.3 Å². The van der Waals surface area contributed by atoms with Crippen molar-refractivity contribution in [1.29, 1.82) is 0 Å². The summed E-state index contributed by atoms with van der Waals surface area (Å²) in [6, 6.07) is 0. The molecule has 0 bridgehead atoms. The van der Waals surface area contributed by atoms with Crippen molar-refractivity contribution in [3.8, 4) is 9.88 Å². The fourth-order valence-corrected chi connectivity index (χ4v) is 3.61. The van der Waals surface area contributed by atoms with Gasteiger partial charge in [-0.3, -0.25) is 4.79 Å². The van der Waals surface area contributed by atoms with E-state index in [9.17, 15) is 4.79 Å². The number of aryl methyl sites for hydroxylation is 1. The van der Waals surface area contributed by atoms with Gasteiger partial charge < -0.3 is 4.90 Å². The molecule has 0 saturated carbocycles. The van der Waals surface area contributed by atoms with Crippen LogP contribution in [0.4, 0.5) is 0 Å². The molecule has 3 heterocycles. The van der Waals surface area contributed by atoms with Crippen molar-refractivity contribution < 1.29 is 4.79 Å². The van der Waals surface area contributed by atoms with Gasteiger partial charge in [0.05, 0.1) is 5.69 Å². The van der Waals surface area contributed by atoms with E-state index in [0.717, 1.165) is 15.6 Å². The Morgan fingerprint density at radius 2 is 2.25 bits per heavy atom. The average Bonchev–Trinajstić information content (AvgIpc) is 3.07. The Morgan fingerprint density at radius 1 is 1.45 bits per heavy atom. The number of aromatic nitrogens is 3. The molecule has 0 N–H and O–H groups in total. The molecule has 1 aliphatic rings. The molecule has 0 fully saturated rings. The summed E-state index contributed by atoms with van der Waals surface area (Å²) < 4.78 is 3.90. The van der Waals surface area contributed by atoms with Crippen molar-refractivity contribution in [1.82, 2.24) is 19.5 Å². The van der Waals surface area contributed by atoms with Gasteiger partial charge in [0.15, 0.2) is 0 Å². The number of hydrogen-bond acceptors (Lipinski definition) is 6. The summed E-state index contributed by atoms with van der Waals surface area (Å²) in [5.41, 5.74) is 1.37. The maximum Gasteiger partial charge on any atom is 0.277 e. The number of rotatable bonds is 2. The highest BCUT2D eigenvalue weighted by atomic mass is 32.1. The number of carbonyl (C=O) groups excluding carboxylic acids is 1. The highest BCUT2D eigenvalue weighted by molar-refractivity contribution is 7.18. The van der Waals surface area contributed by atoms with Crippen molar-refractivity contribution in [2.45, 2.75) is 20.8 Å². The largest absolute Gasteiger partial charge is 0.313 e. The first-order chi connectivity index (χ1) is 9.46. The van der Waals surface area contributed by atoms with Crippen molar-refractivity contribution in [2.24, 2.45) is 5.41 Å². The summed E-state index contributed by atoms with van der Waals surface area (Å²) in [5.74, 6) is -0.0514. The van der Waals surface area contributed by atoms with Crippen LogP contribution in [0.15, 0.2) is 17.7 Å². The Hall–Kier alpha value is -1.60. The molecule has 0 aliphatic carbocycles. The van der Waals surface area contributed by atoms with E-state index in [1.807, 2.05) is 13.1 Å². The molecular formula is C13H14N4OS2. The Morgan fingerprint density at radius 3 is 2.85 bits per heavy atom. The van der Waals surface area contributed by atoms with Crippen LogP contribution >= 0.6 is 22.9 Å². The second-order valence-electron chi connectivity index (χ2n) is 5.46. The molecule has 5 nitrogen and oxygen atoms in total. The zero-order chi connectivity index (χ0) is 14.3. The van der Waals surface area contributed by atoms with Crippen molar-refractivity contribution >= 4 is 28.8 Å².